The number of halogens is 4. The Hall–Kier alpha value is -0.450. The minimum absolute atomic E-state index is 0.00673. The third-order valence-corrected chi connectivity index (χ3v) is 14.4. The number of hydrogen-bond acceptors (Lipinski definition) is 4. The fraction of sp³-hybridized carbons (Fsp3) is 1.00. The molecule has 2 saturated heterocycles. The molecule has 0 aromatic heterocycles. The molecule has 232 valence electrons. The van der Waals surface area contributed by atoms with Crippen molar-refractivity contribution in [2.75, 3.05) is 26.2 Å². The number of alkyl halides is 4. The van der Waals surface area contributed by atoms with Crippen LogP contribution in [0.3, 0.4) is 0 Å². The van der Waals surface area contributed by atoms with Crippen molar-refractivity contribution in [1.29, 1.82) is 0 Å². The highest BCUT2D eigenvalue weighted by atomic mass is 32.2. The molecule has 5 nitrogen and oxygen atoms in total. The van der Waals surface area contributed by atoms with E-state index in [0.29, 0.717) is 12.3 Å². The van der Waals surface area contributed by atoms with Gasteiger partial charge in [0.2, 0.25) is 10.0 Å². The zero-order chi connectivity index (χ0) is 28.8. The smallest absolute Gasteiger partial charge is 0.393 e. The molecule has 9 atom stereocenters. The third kappa shape index (κ3) is 5.99. The number of aliphatic hydroxyl groups excluding tert-OH is 1. The zero-order valence-corrected chi connectivity index (χ0v) is 25.1. The first-order valence-corrected chi connectivity index (χ1v) is 17.5. The minimum atomic E-state index is -4.75. The molecule has 0 radical (unpaired) electrons. The number of sulfonamides is 1. The predicted molar refractivity (Wildman–Crippen MR) is 148 cm³/mol. The molecule has 7 unspecified atom stereocenters. The Morgan fingerprint density at radius 1 is 0.875 bits per heavy atom. The van der Waals surface area contributed by atoms with E-state index < -0.39 is 40.0 Å². The number of nitrogens with zero attached hydrogens (tertiary/aromatic N) is 2. The van der Waals surface area contributed by atoms with Crippen LogP contribution in [0.25, 0.3) is 0 Å². The Labute approximate surface area is 238 Å². The largest absolute Gasteiger partial charge is 0.395 e. The molecular weight excluding hydrogens is 544 g/mol. The summed E-state index contributed by atoms with van der Waals surface area (Å²) in [5.41, 5.74) is 0. The Bertz CT molecular complexity index is 957. The number of fused-ring (bicyclic) bond motifs is 1. The lowest BCUT2D eigenvalue weighted by atomic mass is 9.60. The molecule has 0 amide bonds. The van der Waals surface area contributed by atoms with Gasteiger partial charge in [0.25, 0.3) is 0 Å². The van der Waals surface area contributed by atoms with E-state index in [2.05, 4.69) is 18.7 Å². The predicted octanol–water partition coefficient (Wildman–Crippen LogP) is 6.02. The second-order valence-corrected chi connectivity index (χ2v) is 16.1. The number of rotatable bonds is 5. The van der Waals surface area contributed by atoms with Crippen LogP contribution in [0.15, 0.2) is 0 Å². The normalized spacial score (nSPS) is 44.7. The van der Waals surface area contributed by atoms with Crippen molar-refractivity contribution in [2.24, 2.45) is 41.4 Å². The summed E-state index contributed by atoms with van der Waals surface area (Å²) in [5, 5.41) is 8.74. The maximum atomic E-state index is 14.0. The number of aliphatic hydroxyl groups is 1. The van der Waals surface area contributed by atoms with E-state index in [-0.39, 0.29) is 50.5 Å². The van der Waals surface area contributed by atoms with Crippen molar-refractivity contribution in [1.82, 2.24) is 9.21 Å². The first-order chi connectivity index (χ1) is 18.9. The van der Waals surface area contributed by atoms with Gasteiger partial charge in [-0.15, -0.1) is 0 Å². The summed E-state index contributed by atoms with van der Waals surface area (Å²) in [4.78, 5) is 2.23. The molecular formula is C30H50F4N2O3S. The van der Waals surface area contributed by atoms with Crippen LogP contribution in [0.5, 0.6) is 0 Å². The molecule has 0 spiro atoms. The maximum absolute atomic E-state index is 14.0. The van der Waals surface area contributed by atoms with Crippen LogP contribution in [0.4, 0.5) is 17.6 Å². The van der Waals surface area contributed by atoms with Crippen molar-refractivity contribution in [3.63, 3.8) is 0 Å². The van der Waals surface area contributed by atoms with E-state index in [9.17, 15) is 31.1 Å². The van der Waals surface area contributed by atoms with Gasteiger partial charge in [-0.25, -0.2) is 17.1 Å². The van der Waals surface area contributed by atoms with Gasteiger partial charge < -0.3 is 5.11 Å². The second-order valence-electron chi connectivity index (χ2n) is 13.9. The van der Waals surface area contributed by atoms with Gasteiger partial charge in [0.1, 0.15) is 6.17 Å². The summed E-state index contributed by atoms with van der Waals surface area (Å²) < 4.78 is 84.6. The molecule has 5 fully saturated rings. The average molecular weight is 595 g/mol. The average Bonchev–Trinajstić information content (AvgIpc) is 2.89. The van der Waals surface area contributed by atoms with Crippen LogP contribution in [-0.2, 0) is 10.0 Å². The van der Waals surface area contributed by atoms with Gasteiger partial charge in [0, 0.05) is 25.2 Å². The fourth-order valence-corrected chi connectivity index (χ4v) is 11.8. The SMILES string of the molecule is CC1CCCC(C2CCC([C@H]3C4CN(S(=O)(=O)C5CCC(F)CC5C(F)(F)F)CCCCN4[C@@H]3CO)CC2)C1C. The standard InChI is InChI=1S/C30H50F4N2O3S/c1-19-6-5-7-24(20(19)2)21-8-10-22(11-9-21)29-26-17-35(14-3-4-15-36(26)27(29)18-37)40(38,39)28-13-12-23(31)16-25(28)30(32,33)34/h19-29,37H,3-18H2,1-2H3/t19?,20?,21?,22?,23?,24?,25?,26?,27-,28?,29+/m1/s1. The zero-order valence-electron chi connectivity index (χ0n) is 24.2. The molecule has 40 heavy (non-hydrogen) atoms. The summed E-state index contributed by atoms with van der Waals surface area (Å²) in [6.45, 7) is 6.01. The second kappa shape index (κ2) is 12.3. The van der Waals surface area contributed by atoms with E-state index in [0.717, 1.165) is 49.5 Å². The van der Waals surface area contributed by atoms with Gasteiger partial charge in [-0.05, 0) is 106 Å². The van der Waals surface area contributed by atoms with Crippen LogP contribution in [-0.4, -0.2) is 78.7 Å². The molecule has 3 aliphatic carbocycles. The molecule has 5 rings (SSSR count). The van der Waals surface area contributed by atoms with Crippen molar-refractivity contribution in [3.05, 3.63) is 0 Å². The molecule has 0 bridgehead atoms. The molecule has 5 aliphatic rings. The van der Waals surface area contributed by atoms with Gasteiger partial charge >= 0.3 is 6.18 Å². The Kier molecular flexibility index (Phi) is 9.51. The monoisotopic (exact) mass is 594 g/mol. The molecule has 2 aliphatic heterocycles. The highest BCUT2D eigenvalue weighted by Gasteiger charge is 2.56. The molecule has 0 aromatic carbocycles. The first-order valence-electron chi connectivity index (χ1n) is 16.0. The quantitative estimate of drug-likeness (QED) is 0.396. The Morgan fingerprint density at radius 3 is 2.23 bits per heavy atom. The highest BCUT2D eigenvalue weighted by Crippen LogP contribution is 2.50. The van der Waals surface area contributed by atoms with Crippen molar-refractivity contribution >= 4 is 10.0 Å². The topological polar surface area (TPSA) is 60.9 Å². The van der Waals surface area contributed by atoms with E-state index in [4.69, 9.17) is 0 Å². The first kappa shape index (κ1) is 31.0. The third-order valence-electron chi connectivity index (χ3n) is 12.0. The van der Waals surface area contributed by atoms with Crippen LogP contribution < -0.4 is 0 Å². The van der Waals surface area contributed by atoms with E-state index in [1.165, 1.54) is 36.4 Å². The minimum Gasteiger partial charge on any atom is -0.395 e. The molecule has 2 heterocycles. The lowest BCUT2D eigenvalue weighted by molar-refractivity contribution is -0.185. The highest BCUT2D eigenvalue weighted by molar-refractivity contribution is 7.89. The van der Waals surface area contributed by atoms with Gasteiger partial charge in [-0.1, -0.05) is 26.7 Å². The molecule has 10 heteroatoms. The number of hydrogen-bond donors (Lipinski definition) is 1. The van der Waals surface area contributed by atoms with Gasteiger partial charge in [-0.3, -0.25) is 4.90 Å². The summed E-state index contributed by atoms with van der Waals surface area (Å²) in [6, 6.07) is -0.0861. The molecule has 0 aromatic rings. The Morgan fingerprint density at radius 2 is 1.55 bits per heavy atom. The lowest BCUT2D eigenvalue weighted by Gasteiger charge is -2.60. The summed E-state index contributed by atoms with van der Waals surface area (Å²) in [7, 11) is -4.26. The van der Waals surface area contributed by atoms with Crippen molar-refractivity contribution in [3.8, 4) is 0 Å². The van der Waals surface area contributed by atoms with Gasteiger partial charge in [0.05, 0.1) is 17.8 Å². The van der Waals surface area contributed by atoms with Gasteiger partial charge in [0.15, 0.2) is 0 Å². The summed E-state index contributed by atoms with van der Waals surface area (Å²) in [5.74, 6) is 1.43. The molecule has 3 saturated carbocycles. The van der Waals surface area contributed by atoms with Crippen LogP contribution >= 0.6 is 0 Å². The van der Waals surface area contributed by atoms with Crippen molar-refractivity contribution in [2.45, 2.75) is 121 Å². The van der Waals surface area contributed by atoms with E-state index in [1.807, 2.05) is 0 Å². The summed E-state index contributed by atoms with van der Waals surface area (Å²) >= 11 is 0. The van der Waals surface area contributed by atoms with Crippen molar-refractivity contribution < 1.29 is 31.1 Å². The van der Waals surface area contributed by atoms with Crippen LogP contribution in [0.1, 0.15) is 90.9 Å². The van der Waals surface area contributed by atoms with Crippen LogP contribution in [0.2, 0.25) is 0 Å². The van der Waals surface area contributed by atoms with Gasteiger partial charge in [-0.2, -0.15) is 13.2 Å². The van der Waals surface area contributed by atoms with E-state index in [1.54, 1.807) is 0 Å². The van der Waals surface area contributed by atoms with Crippen LogP contribution in [0, 0.1) is 41.4 Å². The Balaban J connectivity index is 1.30. The lowest BCUT2D eigenvalue weighted by Crippen LogP contribution is -2.71. The maximum Gasteiger partial charge on any atom is 0.393 e. The fourth-order valence-electron chi connectivity index (χ4n) is 9.60. The molecule has 1 N–H and O–H groups in total. The summed E-state index contributed by atoms with van der Waals surface area (Å²) in [6.07, 6.45) is 2.22. The van der Waals surface area contributed by atoms with E-state index >= 15 is 0 Å².